The lowest BCUT2D eigenvalue weighted by atomic mass is 10.1. The Morgan fingerprint density at radius 1 is 1.05 bits per heavy atom. The fourth-order valence-electron chi connectivity index (χ4n) is 2.04. The van der Waals surface area contributed by atoms with Crippen LogP contribution in [0.3, 0.4) is 0 Å². The van der Waals surface area contributed by atoms with Crippen molar-refractivity contribution >= 4 is 17.5 Å². The third-order valence-corrected chi connectivity index (χ3v) is 4.28. The standard InChI is InChI=1S/C18H20OS/c1-3-15-7-9-16(10-8-15)12-17(19)13-20-18-6-4-5-14(2)11-18/h4-11H,3,12-13H2,1-2H3. The topological polar surface area (TPSA) is 17.1 Å². The highest BCUT2D eigenvalue weighted by Gasteiger charge is 2.05. The lowest BCUT2D eigenvalue weighted by molar-refractivity contribution is -0.116. The molecule has 0 bridgehead atoms. The molecule has 0 aliphatic heterocycles. The van der Waals surface area contributed by atoms with Crippen molar-refractivity contribution in [1.82, 2.24) is 0 Å². The zero-order valence-corrected chi connectivity index (χ0v) is 12.9. The van der Waals surface area contributed by atoms with E-state index in [9.17, 15) is 4.79 Å². The molecule has 104 valence electrons. The number of carbonyl (C=O) groups is 1. The molecule has 2 aromatic rings. The molecule has 20 heavy (non-hydrogen) atoms. The van der Waals surface area contributed by atoms with Gasteiger partial charge in [0.15, 0.2) is 0 Å². The van der Waals surface area contributed by atoms with E-state index in [1.165, 1.54) is 16.0 Å². The van der Waals surface area contributed by atoms with Crippen LogP contribution >= 0.6 is 11.8 Å². The summed E-state index contributed by atoms with van der Waals surface area (Å²) in [6.45, 7) is 4.21. The van der Waals surface area contributed by atoms with E-state index in [4.69, 9.17) is 0 Å². The lowest BCUT2D eigenvalue weighted by Crippen LogP contribution is -2.05. The molecule has 0 unspecified atom stereocenters. The summed E-state index contributed by atoms with van der Waals surface area (Å²) in [4.78, 5) is 13.2. The number of hydrogen-bond acceptors (Lipinski definition) is 2. The fraction of sp³-hybridized carbons (Fsp3) is 0.278. The van der Waals surface area contributed by atoms with E-state index in [1.807, 2.05) is 6.07 Å². The molecule has 0 radical (unpaired) electrons. The molecule has 2 aromatic carbocycles. The van der Waals surface area contributed by atoms with Crippen molar-refractivity contribution in [1.29, 1.82) is 0 Å². The average Bonchev–Trinajstić information content (AvgIpc) is 2.46. The van der Waals surface area contributed by atoms with Crippen LogP contribution in [0, 0.1) is 6.92 Å². The molecule has 2 heteroatoms. The summed E-state index contributed by atoms with van der Waals surface area (Å²) in [6, 6.07) is 16.6. The van der Waals surface area contributed by atoms with Crippen molar-refractivity contribution in [2.75, 3.05) is 5.75 Å². The monoisotopic (exact) mass is 284 g/mol. The van der Waals surface area contributed by atoms with Crippen molar-refractivity contribution < 1.29 is 4.79 Å². The molecular formula is C18H20OS. The minimum Gasteiger partial charge on any atom is -0.298 e. The van der Waals surface area contributed by atoms with Crippen molar-refractivity contribution in [3.8, 4) is 0 Å². The Morgan fingerprint density at radius 2 is 1.75 bits per heavy atom. The van der Waals surface area contributed by atoms with Crippen LogP contribution in [-0.4, -0.2) is 11.5 Å². The predicted molar refractivity (Wildman–Crippen MR) is 86.4 cm³/mol. The van der Waals surface area contributed by atoms with E-state index in [1.54, 1.807) is 11.8 Å². The third kappa shape index (κ3) is 4.53. The molecule has 0 atom stereocenters. The molecule has 0 N–H and O–H groups in total. The van der Waals surface area contributed by atoms with E-state index in [-0.39, 0.29) is 5.78 Å². The number of rotatable bonds is 6. The van der Waals surface area contributed by atoms with Gasteiger partial charge in [0.05, 0.1) is 5.75 Å². The number of Topliss-reactive ketones (excluding diaryl/α,β-unsaturated/α-hetero) is 1. The molecule has 2 rings (SSSR count). The van der Waals surface area contributed by atoms with Gasteiger partial charge in [-0.05, 0) is 36.6 Å². The number of ketones is 1. The Kier molecular flexibility index (Phi) is 5.42. The van der Waals surface area contributed by atoms with Gasteiger partial charge in [-0.15, -0.1) is 11.8 Å². The highest BCUT2D eigenvalue weighted by atomic mass is 32.2. The van der Waals surface area contributed by atoms with Gasteiger partial charge >= 0.3 is 0 Å². The maximum Gasteiger partial charge on any atom is 0.147 e. The minimum absolute atomic E-state index is 0.278. The number of benzene rings is 2. The highest BCUT2D eigenvalue weighted by Crippen LogP contribution is 2.19. The Morgan fingerprint density at radius 3 is 2.40 bits per heavy atom. The summed E-state index contributed by atoms with van der Waals surface area (Å²) < 4.78 is 0. The Balaban J connectivity index is 1.85. The van der Waals surface area contributed by atoms with Gasteiger partial charge in [0.1, 0.15) is 5.78 Å². The van der Waals surface area contributed by atoms with Crippen LogP contribution in [0.25, 0.3) is 0 Å². The van der Waals surface area contributed by atoms with E-state index in [2.05, 4.69) is 56.3 Å². The van der Waals surface area contributed by atoms with Crippen LogP contribution in [0.5, 0.6) is 0 Å². The molecule has 0 saturated heterocycles. The maximum absolute atomic E-state index is 12.0. The summed E-state index contributed by atoms with van der Waals surface area (Å²) in [5.41, 5.74) is 3.66. The second-order valence-corrected chi connectivity index (χ2v) is 6.04. The fourth-order valence-corrected chi connectivity index (χ4v) is 2.91. The van der Waals surface area contributed by atoms with Crippen molar-refractivity contribution in [2.24, 2.45) is 0 Å². The third-order valence-electron chi connectivity index (χ3n) is 3.22. The van der Waals surface area contributed by atoms with Crippen LogP contribution in [0.2, 0.25) is 0 Å². The summed E-state index contributed by atoms with van der Waals surface area (Å²) in [5, 5.41) is 0. The van der Waals surface area contributed by atoms with Crippen LogP contribution in [0.15, 0.2) is 53.4 Å². The molecular weight excluding hydrogens is 264 g/mol. The molecule has 0 amide bonds. The van der Waals surface area contributed by atoms with E-state index in [0.717, 1.165) is 12.0 Å². The first-order valence-corrected chi connectivity index (χ1v) is 7.95. The second-order valence-electron chi connectivity index (χ2n) is 4.99. The molecule has 0 spiro atoms. The molecule has 0 aliphatic rings. The minimum atomic E-state index is 0.278. The average molecular weight is 284 g/mol. The highest BCUT2D eigenvalue weighted by molar-refractivity contribution is 8.00. The van der Waals surface area contributed by atoms with Crippen LogP contribution in [0.4, 0.5) is 0 Å². The first kappa shape index (κ1) is 14.9. The zero-order chi connectivity index (χ0) is 14.4. The summed E-state index contributed by atoms with van der Waals surface area (Å²) in [7, 11) is 0. The van der Waals surface area contributed by atoms with Crippen LogP contribution in [-0.2, 0) is 17.6 Å². The summed E-state index contributed by atoms with van der Waals surface area (Å²) >= 11 is 1.62. The SMILES string of the molecule is CCc1ccc(CC(=O)CSc2cccc(C)c2)cc1. The van der Waals surface area contributed by atoms with E-state index < -0.39 is 0 Å². The quantitative estimate of drug-likeness (QED) is 0.728. The predicted octanol–water partition coefficient (Wildman–Crippen LogP) is 4.46. The molecule has 0 saturated carbocycles. The number of aryl methyl sites for hydroxylation is 2. The van der Waals surface area contributed by atoms with Gasteiger partial charge < -0.3 is 0 Å². The van der Waals surface area contributed by atoms with Gasteiger partial charge in [0, 0.05) is 11.3 Å². The van der Waals surface area contributed by atoms with Crippen LogP contribution in [0.1, 0.15) is 23.6 Å². The Labute approximate surface area is 125 Å². The van der Waals surface area contributed by atoms with Crippen molar-refractivity contribution in [2.45, 2.75) is 31.6 Å². The largest absolute Gasteiger partial charge is 0.298 e. The Bertz CT molecular complexity index is 572. The van der Waals surface area contributed by atoms with Gasteiger partial charge in [0.25, 0.3) is 0 Å². The van der Waals surface area contributed by atoms with E-state index in [0.29, 0.717) is 12.2 Å². The first-order valence-electron chi connectivity index (χ1n) is 6.96. The lowest BCUT2D eigenvalue weighted by Gasteiger charge is -2.04. The van der Waals surface area contributed by atoms with Gasteiger partial charge in [0.2, 0.25) is 0 Å². The van der Waals surface area contributed by atoms with Crippen molar-refractivity contribution in [3.63, 3.8) is 0 Å². The van der Waals surface area contributed by atoms with Gasteiger partial charge in [-0.3, -0.25) is 4.79 Å². The second kappa shape index (κ2) is 7.30. The van der Waals surface area contributed by atoms with Crippen LogP contribution < -0.4 is 0 Å². The van der Waals surface area contributed by atoms with Gasteiger partial charge in [-0.1, -0.05) is 48.9 Å². The summed E-state index contributed by atoms with van der Waals surface area (Å²) in [5.74, 6) is 0.819. The summed E-state index contributed by atoms with van der Waals surface area (Å²) in [6.07, 6.45) is 1.57. The molecule has 0 fully saturated rings. The molecule has 0 heterocycles. The van der Waals surface area contributed by atoms with Gasteiger partial charge in [-0.2, -0.15) is 0 Å². The first-order chi connectivity index (χ1) is 9.67. The number of hydrogen-bond donors (Lipinski definition) is 0. The Hall–Kier alpha value is -1.54. The zero-order valence-electron chi connectivity index (χ0n) is 12.1. The number of thioether (sulfide) groups is 1. The van der Waals surface area contributed by atoms with Gasteiger partial charge in [-0.25, -0.2) is 0 Å². The van der Waals surface area contributed by atoms with Crippen molar-refractivity contribution in [3.05, 3.63) is 65.2 Å². The number of carbonyl (C=O) groups excluding carboxylic acids is 1. The smallest absolute Gasteiger partial charge is 0.147 e. The maximum atomic E-state index is 12.0. The normalized spacial score (nSPS) is 10.5. The van der Waals surface area contributed by atoms with E-state index >= 15 is 0 Å². The molecule has 0 aromatic heterocycles. The molecule has 0 aliphatic carbocycles. The molecule has 1 nitrogen and oxygen atoms in total.